The summed E-state index contributed by atoms with van der Waals surface area (Å²) in [5.74, 6) is 0.473. The van der Waals surface area contributed by atoms with E-state index >= 15 is 0 Å². The van der Waals surface area contributed by atoms with Crippen molar-refractivity contribution >= 4 is 11.6 Å². The summed E-state index contributed by atoms with van der Waals surface area (Å²) in [6.07, 6.45) is 0.807. The molecular formula is C12H14ClCsO2. The van der Waals surface area contributed by atoms with Crippen LogP contribution >= 0.6 is 11.6 Å². The van der Waals surface area contributed by atoms with E-state index in [1.165, 1.54) is 0 Å². The van der Waals surface area contributed by atoms with Gasteiger partial charge in [0.05, 0.1) is 6.61 Å². The fourth-order valence-electron chi connectivity index (χ4n) is 1.54. The molecule has 0 bridgehead atoms. The molecule has 1 aromatic rings. The van der Waals surface area contributed by atoms with Crippen molar-refractivity contribution in [1.29, 1.82) is 0 Å². The van der Waals surface area contributed by atoms with E-state index in [0.717, 1.165) is 17.0 Å². The summed E-state index contributed by atoms with van der Waals surface area (Å²) < 4.78 is 10.9. The number of halogens is 1. The Morgan fingerprint density at radius 1 is 1.50 bits per heavy atom. The maximum Gasteiger partial charge on any atom is 1.00 e. The first-order valence-corrected chi connectivity index (χ1v) is 5.47. The summed E-state index contributed by atoms with van der Waals surface area (Å²) in [6, 6.07) is 7.69. The molecule has 16 heavy (non-hydrogen) atoms. The van der Waals surface area contributed by atoms with Crippen LogP contribution in [0.2, 0.25) is 5.02 Å². The summed E-state index contributed by atoms with van der Waals surface area (Å²) in [7, 11) is 0. The molecule has 2 atom stereocenters. The first-order valence-electron chi connectivity index (χ1n) is 5.09. The molecule has 1 heterocycles. The molecule has 0 amide bonds. The molecule has 1 aromatic carbocycles. The van der Waals surface area contributed by atoms with Gasteiger partial charge >= 0.3 is 68.9 Å². The van der Waals surface area contributed by atoms with E-state index in [2.05, 4.69) is 6.92 Å². The van der Waals surface area contributed by atoms with Gasteiger partial charge in [0.25, 0.3) is 0 Å². The summed E-state index contributed by atoms with van der Waals surface area (Å²) in [4.78, 5) is 0. The Morgan fingerprint density at radius 2 is 2.25 bits per heavy atom. The third-order valence-corrected chi connectivity index (χ3v) is 2.78. The first kappa shape index (κ1) is 15.5. The number of hydrogen-bond acceptors (Lipinski definition) is 2. The Morgan fingerprint density at radius 3 is 2.88 bits per heavy atom. The number of rotatable bonds is 3. The largest absolute Gasteiger partial charge is 1.00 e. The molecule has 0 aromatic heterocycles. The molecular weight excluding hydrogens is 344 g/mol. The van der Waals surface area contributed by atoms with Crippen LogP contribution < -0.4 is 68.9 Å². The molecule has 1 saturated heterocycles. The number of ether oxygens (including phenoxy) is 2. The normalized spacial score (nSPS) is 24.1. The minimum atomic E-state index is -0.115. The SMILES string of the molecule is C[C@H]1[CH-]OC(OCc2ccccc2Cl)C1.[Cs+]. The predicted molar refractivity (Wildman–Crippen MR) is 59.2 cm³/mol. The summed E-state index contributed by atoms with van der Waals surface area (Å²) in [5.41, 5.74) is 1.00. The summed E-state index contributed by atoms with van der Waals surface area (Å²) in [6.45, 7) is 4.45. The van der Waals surface area contributed by atoms with Crippen molar-refractivity contribution in [2.75, 3.05) is 0 Å². The van der Waals surface area contributed by atoms with Crippen LogP contribution in [0, 0.1) is 12.5 Å². The van der Waals surface area contributed by atoms with Crippen molar-refractivity contribution in [3.8, 4) is 0 Å². The average Bonchev–Trinajstić information content (AvgIpc) is 2.63. The number of hydrogen-bond donors (Lipinski definition) is 0. The van der Waals surface area contributed by atoms with Crippen molar-refractivity contribution in [3.63, 3.8) is 0 Å². The second-order valence-corrected chi connectivity index (χ2v) is 4.22. The van der Waals surface area contributed by atoms with Crippen molar-refractivity contribution in [1.82, 2.24) is 0 Å². The molecule has 0 saturated carbocycles. The van der Waals surface area contributed by atoms with Crippen LogP contribution in [0.5, 0.6) is 0 Å². The number of benzene rings is 1. The van der Waals surface area contributed by atoms with Crippen LogP contribution in [-0.4, -0.2) is 6.29 Å². The van der Waals surface area contributed by atoms with Gasteiger partial charge in [0.15, 0.2) is 0 Å². The Balaban J connectivity index is 0.00000128. The van der Waals surface area contributed by atoms with Gasteiger partial charge < -0.3 is 9.47 Å². The van der Waals surface area contributed by atoms with E-state index in [-0.39, 0.29) is 75.2 Å². The van der Waals surface area contributed by atoms with E-state index in [1.54, 1.807) is 0 Å². The Hall–Kier alpha value is 1.48. The van der Waals surface area contributed by atoms with Crippen LogP contribution in [0.3, 0.4) is 0 Å². The van der Waals surface area contributed by atoms with E-state index in [1.807, 2.05) is 30.9 Å². The fraction of sp³-hybridized carbons (Fsp3) is 0.417. The van der Waals surface area contributed by atoms with Gasteiger partial charge in [-0.3, -0.25) is 0 Å². The van der Waals surface area contributed by atoms with E-state index in [0.29, 0.717) is 12.5 Å². The maximum atomic E-state index is 6.01. The molecule has 1 unspecified atom stereocenters. The molecule has 0 radical (unpaired) electrons. The summed E-state index contributed by atoms with van der Waals surface area (Å²) >= 11 is 6.01. The predicted octanol–water partition coefficient (Wildman–Crippen LogP) is 0.405. The first-order chi connectivity index (χ1) is 7.25. The second kappa shape index (κ2) is 7.82. The standard InChI is InChI=1S/C12H14ClO2.Cs/c1-9-6-12(14-7-9)15-8-10-4-2-3-5-11(10)13;/h2-5,7,9,12H,6,8H2,1H3;/q-1;+1/t9-,12?;/m1./s1. The van der Waals surface area contributed by atoms with Crippen LogP contribution in [0.1, 0.15) is 18.9 Å². The van der Waals surface area contributed by atoms with Gasteiger partial charge in [-0.15, -0.1) is 5.92 Å². The van der Waals surface area contributed by atoms with Crippen molar-refractivity contribution in [3.05, 3.63) is 41.5 Å². The van der Waals surface area contributed by atoms with Gasteiger partial charge in [-0.05, 0) is 18.1 Å². The van der Waals surface area contributed by atoms with E-state index in [4.69, 9.17) is 21.1 Å². The monoisotopic (exact) mass is 358 g/mol. The molecule has 1 aliphatic rings. The zero-order valence-electron chi connectivity index (χ0n) is 9.65. The van der Waals surface area contributed by atoms with Crippen LogP contribution in [-0.2, 0) is 16.1 Å². The minimum Gasteiger partial charge on any atom is -0.529 e. The second-order valence-electron chi connectivity index (χ2n) is 3.82. The van der Waals surface area contributed by atoms with Crippen molar-refractivity contribution in [2.45, 2.75) is 26.2 Å². The topological polar surface area (TPSA) is 18.5 Å². The van der Waals surface area contributed by atoms with Gasteiger partial charge in [-0.2, -0.15) is 0 Å². The van der Waals surface area contributed by atoms with Crippen molar-refractivity contribution in [2.24, 2.45) is 5.92 Å². The van der Waals surface area contributed by atoms with Gasteiger partial charge in [0.2, 0.25) is 0 Å². The molecule has 2 nitrogen and oxygen atoms in total. The molecule has 0 spiro atoms. The zero-order valence-corrected chi connectivity index (χ0v) is 16.7. The smallest absolute Gasteiger partial charge is 0.529 e. The quantitative estimate of drug-likeness (QED) is 0.729. The van der Waals surface area contributed by atoms with Crippen LogP contribution in [0.25, 0.3) is 0 Å². The third-order valence-electron chi connectivity index (χ3n) is 2.41. The molecule has 1 fully saturated rings. The van der Waals surface area contributed by atoms with Crippen LogP contribution in [0.4, 0.5) is 0 Å². The Kier molecular flexibility index (Phi) is 7.59. The zero-order chi connectivity index (χ0) is 10.7. The summed E-state index contributed by atoms with van der Waals surface area (Å²) in [5, 5.41) is 0.743. The average molecular weight is 359 g/mol. The van der Waals surface area contributed by atoms with Gasteiger partial charge in [-0.25, -0.2) is 6.61 Å². The molecule has 82 valence electrons. The third kappa shape index (κ3) is 4.63. The van der Waals surface area contributed by atoms with Gasteiger partial charge in [0, 0.05) is 5.02 Å². The fourth-order valence-corrected chi connectivity index (χ4v) is 1.73. The van der Waals surface area contributed by atoms with Gasteiger partial charge in [-0.1, -0.05) is 36.7 Å². The molecule has 0 N–H and O–H groups in total. The van der Waals surface area contributed by atoms with Crippen molar-refractivity contribution < 1.29 is 78.4 Å². The molecule has 2 rings (SSSR count). The molecule has 4 heteroatoms. The minimum absolute atomic E-state index is 0. The maximum absolute atomic E-state index is 6.01. The molecule has 0 aliphatic carbocycles. The van der Waals surface area contributed by atoms with E-state index < -0.39 is 0 Å². The van der Waals surface area contributed by atoms with E-state index in [9.17, 15) is 0 Å². The van der Waals surface area contributed by atoms with Crippen LogP contribution in [0.15, 0.2) is 24.3 Å². The van der Waals surface area contributed by atoms with Gasteiger partial charge in [0.1, 0.15) is 6.29 Å². The molecule has 1 aliphatic heterocycles. The Bertz CT molecular complexity index is 333. The Labute approximate surface area is 160 Å².